The maximum Gasteiger partial charge on any atom is 0.171 e. The molecule has 0 unspecified atom stereocenters. The molecule has 0 saturated heterocycles. The lowest BCUT2D eigenvalue weighted by atomic mass is 10.1. The number of anilines is 2. The number of halogens is 2. The molecule has 2 heterocycles. The van der Waals surface area contributed by atoms with Crippen molar-refractivity contribution < 1.29 is 10.2 Å². The van der Waals surface area contributed by atoms with Crippen LogP contribution in [0.25, 0.3) is 41.6 Å². The van der Waals surface area contributed by atoms with Gasteiger partial charge in [0.1, 0.15) is 10.0 Å². The molecule has 6 N–H and O–H groups in total. The Morgan fingerprint density at radius 1 is 0.714 bits per heavy atom. The van der Waals surface area contributed by atoms with Crippen molar-refractivity contribution in [3.63, 3.8) is 0 Å². The topological polar surface area (TPSA) is 114 Å². The van der Waals surface area contributed by atoms with Crippen molar-refractivity contribution in [1.29, 1.82) is 0 Å². The van der Waals surface area contributed by atoms with Crippen LogP contribution in [-0.4, -0.2) is 42.0 Å². The van der Waals surface area contributed by atoms with Crippen LogP contribution in [0.5, 0.6) is 11.5 Å². The lowest BCUT2D eigenvalue weighted by molar-refractivity contribution is 0.477. The summed E-state index contributed by atoms with van der Waals surface area (Å²) in [6, 6.07) is 23.1. The van der Waals surface area contributed by atoms with Crippen molar-refractivity contribution in [2.75, 3.05) is 10.6 Å². The predicted molar refractivity (Wildman–Crippen MR) is 217 cm³/mol. The first-order valence-corrected chi connectivity index (χ1v) is 18.3. The number of para-hydroxylation sites is 2. The number of aromatic hydroxyl groups is 2. The van der Waals surface area contributed by atoms with Gasteiger partial charge in [0.05, 0.1) is 41.9 Å². The van der Waals surface area contributed by atoms with E-state index in [-0.39, 0.29) is 33.1 Å². The Labute approximate surface area is 313 Å². The van der Waals surface area contributed by atoms with Crippen LogP contribution in [0.2, 0.25) is 10.0 Å². The van der Waals surface area contributed by atoms with Gasteiger partial charge in [0, 0.05) is 22.7 Å². The van der Waals surface area contributed by atoms with Gasteiger partial charge < -0.3 is 31.5 Å². The SMILES string of the molecule is CC(C)(C)NC(=S)Nc1cc(-c2nc3ccccc3s2)cc(Cl)c1O.CC(C)NC(=S)Nc1cc(-c2nc3ccccc3s2)cc(Cl)c1O. The van der Waals surface area contributed by atoms with Gasteiger partial charge in [0.25, 0.3) is 0 Å². The van der Waals surface area contributed by atoms with Gasteiger partial charge in [-0.3, -0.25) is 0 Å². The molecule has 0 spiro atoms. The molecule has 0 bridgehead atoms. The van der Waals surface area contributed by atoms with Crippen LogP contribution < -0.4 is 21.3 Å². The molecular weight excluding hydrogens is 736 g/mol. The summed E-state index contributed by atoms with van der Waals surface area (Å²) in [6.07, 6.45) is 0. The van der Waals surface area contributed by atoms with Gasteiger partial charge >= 0.3 is 0 Å². The second kappa shape index (κ2) is 15.4. The Balaban J connectivity index is 0.000000191. The molecule has 0 amide bonds. The Kier molecular flexibility index (Phi) is 11.5. The third-order valence-corrected chi connectivity index (χ3v) is 9.78. The monoisotopic (exact) mass is 768 g/mol. The highest BCUT2D eigenvalue weighted by Gasteiger charge is 2.17. The lowest BCUT2D eigenvalue weighted by Crippen LogP contribution is -2.42. The zero-order valence-corrected chi connectivity index (χ0v) is 32.0. The van der Waals surface area contributed by atoms with Crippen molar-refractivity contribution in [1.82, 2.24) is 20.6 Å². The Morgan fingerprint density at radius 2 is 1.14 bits per heavy atom. The molecule has 14 heteroatoms. The van der Waals surface area contributed by atoms with Crippen LogP contribution in [0.3, 0.4) is 0 Å². The first kappa shape index (κ1) is 36.5. The number of hydrogen-bond donors (Lipinski definition) is 6. The van der Waals surface area contributed by atoms with E-state index < -0.39 is 0 Å². The molecule has 0 aliphatic heterocycles. The summed E-state index contributed by atoms with van der Waals surface area (Å²) in [5, 5.41) is 35.7. The first-order chi connectivity index (χ1) is 23.2. The van der Waals surface area contributed by atoms with E-state index in [1.165, 1.54) is 0 Å². The Hall–Kier alpha value is -3.78. The number of nitrogens with one attached hydrogen (secondary N) is 4. The summed E-state index contributed by atoms with van der Waals surface area (Å²) in [5.41, 5.74) is 4.24. The van der Waals surface area contributed by atoms with E-state index in [0.29, 0.717) is 21.6 Å². The van der Waals surface area contributed by atoms with E-state index in [4.69, 9.17) is 47.6 Å². The van der Waals surface area contributed by atoms with E-state index >= 15 is 0 Å². The van der Waals surface area contributed by atoms with Crippen LogP contribution >= 0.6 is 70.3 Å². The molecule has 0 atom stereocenters. The van der Waals surface area contributed by atoms with E-state index in [0.717, 1.165) is 41.6 Å². The third-order valence-electron chi connectivity index (χ3n) is 6.61. The predicted octanol–water partition coefficient (Wildman–Crippen LogP) is 10.4. The van der Waals surface area contributed by atoms with E-state index in [1.807, 2.05) is 83.1 Å². The molecule has 254 valence electrons. The number of hydrogen-bond acceptors (Lipinski definition) is 8. The zero-order valence-electron chi connectivity index (χ0n) is 27.2. The minimum absolute atomic E-state index is 0.0329. The fraction of sp³-hybridized carbons (Fsp3) is 0.200. The molecular formula is C35H34Cl2N6O2S4. The van der Waals surface area contributed by atoms with Crippen molar-refractivity contribution in [3.05, 3.63) is 82.8 Å². The van der Waals surface area contributed by atoms with Crippen molar-refractivity contribution in [2.24, 2.45) is 0 Å². The Morgan fingerprint density at radius 3 is 1.55 bits per heavy atom. The maximum atomic E-state index is 10.3. The number of rotatable bonds is 5. The molecule has 0 aliphatic rings. The third kappa shape index (κ3) is 9.47. The van der Waals surface area contributed by atoms with Gasteiger partial charge in [-0.05, 0) is 108 Å². The highest BCUT2D eigenvalue weighted by atomic mass is 35.5. The standard InChI is InChI=1S/C18H18ClN3OS2.C17H16ClN3OS2/c1-18(2,3)22-17(24)21-13-9-10(8-11(19)15(13)23)16-20-12-6-4-5-7-14(12)25-16;1-9(2)19-17(23)21-13-8-10(7-11(18)15(13)22)16-20-12-5-3-4-6-14(12)24-16/h4-9,23H,1-3H3,(H2,21,22,24);3-9,22H,1-2H3,(H2,19,21,23). The fourth-order valence-electron chi connectivity index (χ4n) is 4.54. The van der Waals surface area contributed by atoms with Crippen molar-refractivity contribution >= 4 is 112 Å². The summed E-state index contributed by atoms with van der Waals surface area (Å²) < 4.78 is 2.20. The number of fused-ring (bicyclic) bond motifs is 2. The molecule has 49 heavy (non-hydrogen) atoms. The maximum absolute atomic E-state index is 10.3. The van der Waals surface area contributed by atoms with Gasteiger partial charge in [-0.25, -0.2) is 9.97 Å². The molecule has 8 nitrogen and oxygen atoms in total. The average molecular weight is 770 g/mol. The zero-order chi connectivity index (χ0) is 35.5. The van der Waals surface area contributed by atoms with Gasteiger partial charge in [-0.2, -0.15) is 0 Å². The normalized spacial score (nSPS) is 11.3. The van der Waals surface area contributed by atoms with Gasteiger partial charge in [-0.1, -0.05) is 47.5 Å². The number of benzene rings is 4. The number of nitrogens with zero attached hydrogens (tertiary/aromatic N) is 2. The van der Waals surface area contributed by atoms with Crippen LogP contribution in [0.1, 0.15) is 34.6 Å². The molecule has 6 aromatic rings. The van der Waals surface area contributed by atoms with Crippen molar-refractivity contribution in [3.8, 4) is 32.6 Å². The minimum atomic E-state index is -0.186. The second-order valence-electron chi connectivity index (χ2n) is 12.3. The summed E-state index contributed by atoms with van der Waals surface area (Å²) >= 11 is 26.1. The largest absolute Gasteiger partial charge is 0.504 e. The lowest BCUT2D eigenvalue weighted by Gasteiger charge is -2.23. The smallest absolute Gasteiger partial charge is 0.171 e. The quantitative estimate of drug-likeness (QED) is 0.0748. The Bertz CT molecular complexity index is 2090. The molecule has 6 rings (SSSR count). The van der Waals surface area contributed by atoms with Gasteiger partial charge in [-0.15, -0.1) is 22.7 Å². The summed E-state index contributed by atoms with van der Waals surface area (Å²) in [7, 11) is 0. The fourth-order valence-corrected chi connectivity index (χ4v) is 7.65. The van der Waals surface area contributed by atoms with Crippen LogP contribution in [-0.2, 0) is 0 Å². The average Bonchev–Trinajstić information content (AvgIpc) is 3.65. The number of thiazole rings is 2. The molecule has 0 radical (unpaired) electrons. The molecule has 4 aromatic carbocycles. The van der Waals surface area contributed by atoms with Crippen LogP contribution in [0.15, 0.2) is 72.8 Å². The highest BCUT2D eigenvalue weighted by molar-refractivity contribution is 7.80. The molecule has 2 aromatic heterocycles. The summed E-state index contributed by atoms with van der Waals surface area (Å²) in [5.74, 6) is -0.0704. The second-order valence-corrected chi connectivity index (χ2v) is 16.0. The highest BCUT2D eigenvalue weighted by Crippen LogP contribution is 2.40. The van der Waals surface area contributed by atoms with Crippen LogP contribution in [0.4, 0.5) is 11.4 Å². The molecule has 0 aliphatic carbocycles. The van der Waals surface area contributed by atoms with E-state index in [2.05, 4.69) is 31.2 Å². The van der Waals surface area contributed by atoms with Crippen molar-refractivity contribution in [2.45, 2.75) is 46.2 Å². The summed E-state index contributed by atoms with van der Waals surface area (Å²) in [4.78, 5) is 9.26. The minimum Gasteiger partial charge on any atom is -0.504 e. The van der Waals surface area contributed by atoms with E-state index in [1.54, 1.807) is 46.9 Å². The number of phenolic OH excluding ortho intramolecular Hbond substituents is 2. The molecule has 0 fully saturated rings. The van der Waals surface area contributed by atoms with Gasteiger partial charge in [0.15, 0.2) is 21.7 Å². The summed E-state index contributed by atoms with van der Waals surface area (Å²) in [6.45, 7) is 9.98. The van der Waals surface area contributed by atoms with E-state index in [9.17, 15) is 10.2 Å². The first-order valence-electron chi connectivity index (χ1n) is 15.1. The number of aromatic nitrogens is 2. The van der Waals surface area contributed by atoms with Gasteiger partial charge in [0.2, 0.25) is 0 Å². The number of phenols is 2. The number of thiocarbonyl (C=S) groups is 2. The molecule has 0 saturated carbocycles. The van der Waals surface area contributed by atoms with Crippen LogP contribution in [0, 0.1) is 0 Å².